The summed E-state index contributed by atoms with van der Waals surface area (Å²) in [5.74, 6) is 1.21. The summed E-state index contributed by atoms with van der Waals surface area (Å²) < 4.78 is 12.8. The summed E-state index contributed by atoms with van der Waals surface area (Å²) in [6, 6.07) is 10.2. The molecule has 0 N–H and O–H groups in total. The molecule has 0 spiro atoms. The van der Waals surface area contributed by atoms with Gasteiger partial charge in [-0.1, -0.05) is 12.1 Å². The number of nitrogens with zero attached hydrogens (tertiary/aromatic N) is 4. The maximum Gasteiger partial charge on any atom is 0.236 e. The zero-order chi connectivity index (χ0) is 24.8. The number of morpholine rings is 1. The third kappa shape index (κ3) is 6.51. The molecule has 0 unspecified atom stereocenters. The van der Waals surface area contributed by atoms with E-state index in [0.29, 0.717) is 39.4 Å². The first-order valence-corrected chi connectivity index (χ1v) is 12.6. The van der Waals surface area contributed by atoms with Gasteiger partial charge in [-0.25, -0.2) is 0 Å². The molecular formula is C27H38N4O4. The van der Waals surface area contributed by atoms with Crippen molar-refractivity contribution >= 4 is 11.7 Å². The van der Waals surface area contributed by atoms with E-state index >= 15 is 0 Å². The summed E-state index contributed by atoms with van der Waals surface area (Å²) in [5, 5.41) is 0. The van der Waals surface area contributed by atoms with Crippen molar-refractivity contribution in [2.75, 3.05) is 72.7 Å². The Morgan fingerprint density at radius 3 is 2.17 bits per heavy atom. The van der Waals surface area contributed by atoms with Gasteiger partial charge in [-0.2, -0.15) is 0 Å². The topological polar surface area (TPSA) is 67.2 Å². The van der Waals surface area contributed by atoms with Crippen LogP contribution in [-0.2, 0) is 22.5 Å². The number of carbonyl (C=O) groups excluding carboxylic acids is 2. The minimum absolute atomic E-state index is 0.173. The zero-order valence-corrected chi connectivity index (χ0v) is 21.3. The number of hydrogen-bond donors (Lipinski definition) is 0. The first kappa shape index (κ1) is 25.4. The molecule has 0 atom stereocenters. The van der Waals surface area contributed by atoms with Gasteiger partial charge in [0.05, 0.1) is 33.4 Å². The number of piperazine rings is 1. The molecule has 2 fully saturated rings. The van der Waals surface area contributed by atoms with Crippen molar-refractivity contribution in [2.24, 2.45) is 0 Å². The normalized spacial score (nSPS) is 17.5. The Bertz CT molecular complexity index is 1000. The van der Waals surface area contributed by atoms with E-state index in [9.17, 15) is 9.59 Å². The molecule has 1 aromatic heterocycles. The molecule has 0 radical (unpaired) electrons. The quantitative estimate of drug-likeness (QED) is 0.510. The summed E-state index contributed by atoms with van der Waals surface area (Å²) in [4.78, 5) is 32.0. The van der Waals surface area contributed by atoms with Crippen LogP contribution in [0.5, 0.6) is 5.75 Å². The van der Waals surface area contributed by atoms with Crippen LogP contribution in [0, 0.1) is 13.8 Å². The number of ether oxygens (including phenoxy) is 2. The van der Waals surface area contributed by atoms with Crippen LogP contribution in [0.4, 0.5) is 0 Å². The van der Waals surface area contributed by atoms with Crippen LogP contribution < -0.4 is 4.74 Å². The van der Waals surface area contributed by atoms with E-state index in [1.165, 1.54) is 5.56 Å². The van der Waals surface area contributed by atoms with Gasteiger partial charge in [-0.3, -0.25) is 19.4 Å². The number of rotatable bonds is 9. The van der Waals surface area contributed by atoms with Crippen molar-refractivity contribution in [3.05, 3.63) is 52.8 Å². The average molecular weight is 483 g/mol. The Labute approximate surface area is 208 Å². The molecule has 0 saturated carbocycles. The fourth-order valence-electron chi connectivity index (χ4n) is 4.96. The highest BCUT2D eigenvalue weighted by Gasteiger charge is 2.25. The number of hydrogen-bond acceptors (Lipinski definition) is 6. The molecule has 1 amide bonds. The van der Waals surface area contributed by atoms with E-state index in [2.05, 4.69) is 33.4 Å². The van der Waals surface area contributed by atoms with Crippen molar-refractivity contribution in [1.29, 1.82) is 0 Å². The second-order valence-electron chi connectivity index (χ2n) is 9.50. The van der Waals surface area contributed by atoms with Crippen LogP contribution in [0.2, 0.25) is 0 Å². The molecule has 2 saturated heterocycles. The smallest absolute Gasteiger partial charge is 0.236 e. The largest absolute Gasteiger partial charge is 0.497 e. The fraction of sp³-hybridized carbons (Fsp3) is 0.556. The summed E-state index contributed by atoms with van der Waals surface area (Å²) in [7, 11) is 1.67. The van der Waals surface area contributed by atoms with Crippen molar-refractivity contribution < 1.29 is 19.1 Å². The Hall–Kier alpha value is -2.68. The number of methoxy groups -OCH3 is 1. The SMILES string of the molecule is COc1ccc(CCn2c(C)cc(C(=O)CN3CCN(CC(=O)N4CCOCC4)CC3)c2C)cc1. The van der Waals surface area contributed by atoms with Crippen molar-refractivity contribution in [3.8, 4) is 5.75 Å². The molecule has 0 bridgehead atoms. The molecular weight excluding hydrogens is 444 g/mol. The number of benzene rings is 1. The standard InChI is InChI=1S/C27H38N4O4/c1-21-18-25(22(2)31(21)9-8-23-4-6-24(34-3)7-5-23)26(32)19-28-10-12-29(13-11-28)20-27(33)30-14-16-35-17-15-30/h4-7,18H,8-17,19-20H2,1-3H3. The van der Waals surface area contributed by atoms with Gasteiger partial charge >= 0.3 is 0 Å². The molecule has 190 valence electrons. The van der Waals surface area contributed by atoms with Crippen molar-refractivity contribution in [1.82, 2.24) is 19.3 Å². The lowest BCUT2D eigenvalue weighted by Crippen LogP contribution is -2.52. The van der Waals surface area contributed by atoms with Gasteiger partial charge in [0.15, 0.2) is 5.78 Å². The van der Waals surface area contributed by atoms with Gasteiger partial charge < -0.3 is 18.9 Å². The first-order chi connectivity index (χ1) is 16.9. The fourth-order valence-corrected chi connectivity index (χ4v) is 4.96. The van der Waals surface area contributed by atoms with Crippen molar-refractivity contribution in [2.45, 2.75) is 26.8 Å². The van der Waals surface area contributed by atoms with Crippen LogP contribution in [0.25, 0.3) is 0 Å². The highest BCUT2D eigenvalue weighted by atomic mass is 16.5. The maximum atomic E-state index is 13.2. The highest BCUT2D eigenvalue weighted by molar-refractivity contribution is 5.99. The summed E-state index contributed by atoms with van der Waals surface area (Å²) in [5.41, 5.74) is 4.22. The Balaban J connectivity index is 1.26. The molecule has 3 heterocycles. The number of carbonyl (C=O) groups is 2. The summed E-state index contributed by atoms with van der Waals surface area (Å²) in [6.45, 7) is 11.7. The van der Waals surface area contributed by atoms with Gasteiger partial charge in [0.2, 0.25) is 5.91 Å². The molecule has 2 aromatic rings. The van der Waals surface area contributed by atoms with E-state index in [1.54, 1.807) is 7.11 Å². The van der Waals surface area contributed by atoms with Gasteiger partial charge in [0, 0.05) is 62.8 Å². The van der Waals surface area contributed by atoms with Crippen LogP contribution in [0.15, 0.2) is 30.3 Å². The predicted octanol–water partition coefficient (Wildman–Crippen LogP) is 2.02. The second-order valence-corrected chi connectivity index (χ2v) is 9.50. The van der Waals surface area contributed by atoms with Crippen LogP contribution >= 0.6 is 0 Å². The summed E-state index contributed by atoms with van der Waals surface area (Å²) >= 11 is 0. The van der Waals surface area contributed by atoms with Crippen LogP contribution in [0.3, 0.4) is 0 Å². The molecule has 1 aromatic carbocycles. The van der Waals surface area contributed by atoms with E-state index in [4.69, 9.17) is 9.47 Å². The Morgan fingerprint density at radius 1 is 0.914 bits per heavy atom. The number of ketones is 1. The number of aromatic nitrogens is 1. The van der Waals surface area contributed by atoms with Gasteiger partial charge in [-0.15, -0.1) is 0 Å². The number of Topliss-reactive ketones (excluding diaryl/α,β-unsaturated/α-hetero) is 1. The Kier molecular flexibility index (Phi) is 8.59. The average Bonchev–Trinajstić information content (AvgIpc) is 3.17. The van der Waals surface area contributed by atoms with Crippen molar-refractivity contribution in [3.63, 3.8) is 0 Å². The van der Waals surface area contributed by atoms with Gasteiger partial charge in [0.1, 0.15) is 5.75 Å². The first-order valence-electron chi connectivity index (χ1n) is 12.6. The van der Waals surface area contributed by atoms with Crippen LogP contribution in [-0.4, -0.2) is 104 Å². The van der Waals surface area contributed by atoms with E-state index in [-0.39, 0.29) is 11.7 Å². The maximum absolute atomic E-state index is 13.2. The molecule has 2 aliphatic heterocycles. The lowest BCUT2D eigenvalue weighted by atomic mass is 10.1. The lowest BCUT2D eigenvalue weighted by molar-refractivity contribution is -0.136. The number of aryl methyl sites for hydroxylation is 2. The molecule has 2 aliphatic rings. The second kappa shape index (κ2) is 11.8. The molecule has 8 heteroatoms. The highest BCUT2D eigenvalue weighted by Crippen LogP contribution is 2.19. The van der Waals surface area contributed by atoms with Gasteiger partial charge in [-0.05, 0) is 44.0 Å². The summed E-state index contributed by atoms with van der Waals surface area (Å²) in [6.07, 6.45) is 0.902. The monoisotopic (exact) mass is 482 g/mol. The molecule has 0 aliphatic carbocycles. The zero-order valence-electron chi connectivity index (χ0n) is 21.3. The minimum Gasteiger partial charge on any atom is -0.497 e. The number of amides is 1. The third-order valence-corrected chi connectivity index (χ3v) is 7.21. The van der Waals surface area contributed by atoms with E-state index < -0.39 is 0 Å². The lowest BCUT2D eigenvalue weighted by Gasteiger charge is -2.35. The van der Waals surface area contributed by atoms with Gasteiger partial charge in [0.25, 0.3) is 0 Å². The van der Waals surface area contributed by atoms with E-state index in [0.717, 1.165) is 61.8 Å². The molecule has 8 nitrogen and oxygen atoms in total. The predicted molar refractivity (Wildman–Crippen MR) is 135 cm³/mol. The minimum atomic E-state index is 0.173. The third-order valence-electron chi connectivity index (χ3n) is 7.21. The van der Waals surface area contributed by atoms with E-state index in [1.807, 2.05) is 30.0 Å². The molecule has 4 rings (SSSR count). The molecule has 35 heavy (non-hydrogen) atoms. The Morgan fingerprint density at radius 2 is 1.54 bits per heavy atom. The van der Waals surface area contributed by atoms with Crippen LogP contribution in [0.1, 0.15) is 27.3 Å².